The molecule has 1 fully saturated rings. The van der Waals surface area contributed by atoms with E-state index in [2.05, 4.69) is 16.8 Å². The van der Waals surface area contributed by atoms with E-state index in [4.69, 9.17) is 4.74 Å². The standard InChI is InChI=1S/C14H22N2O2S/c1-3-7-16(8-11-5-6-11)9-12-10-19-13(15-12)14(17)18-4-2/h10-11H,3-9H2,1-2H3. The summed E-state index contributed by atoms with van der Waals surface area (Å²) >= 11 is 1.38. The van der Waals surface area contributed by atoms with Crippen LogP contribution in [-0.2, 0) is 11.3 Å². The molecule has 1 aliphatic carbocycles. The fraction of sp³-hybridized carbons (Fsp3) is 0.714. The second kappa shape index (κ2) is 7.01. The maximum atomic E-state index is 11.6. The average molecular weight is 282 g/mol. The van der Waals surface area contributed by atoms with Gasteiger partial charge in [-0.25, -0.2) is 9.78 Å². The molecule has 0 spiro atoms. The molecule has 19 heavy (non-hydrogen) atoms. The molecular formula is C14H22N2O2S. The first-order valence-electron chi connectivity index (χ1n) is 7.06. The highest BCUT2D eigenvalue weighted by atomic mass is 32.1. The zero-order chi connectivity index (χ0) is 13.7. The number of hydrogen-bond acceptors (Lipinski definition) is 5. The molecule has 0 amide bonds. The lowest BCUT2D eigenvalue weighted by Crippen LogP contribution is -2.26. The van der Waals surface area contributed by atoms with Crippen molar-refractivity contribution in [2.75, 3.05) is 19.7 Å². The van der Waals surface area contributed by atoms with Crippen LogP contribution in [0.5, 0.6) is 0 Å². The molecular weight excluding hydrogens is 260 g/mol. The Hall–Kier alpha value is -0.940. The van der Waals surface area contributed by atoms with Gasteiger partial charge in [0, 0.05) is 18.5 Å². The number of esters is 1. The van der Waals surface area contributed by atoms with Gasteiger partial charge in [-0.2, -0.15) is 0 Å². The fourth-order valence-corrected chi connectivity index (χ4v) is 2.81. The van der Waals surface area contributed by atoms with E-state index < -0.39 is 0 Å². The molecule has 0 atom stereocenters. The molecule has 0 unspecified atom stereocenters. The minimum Gasteiger partial charge on any atom is -0.461 e. The van der Waals surface area contributed by atoms with Crippen LogP contribution < -0.4 is 0 Å². The number of ether oxygens (including phenoxy) is 1. The lowest BCUT2D eigenvalue weighted by Gasteiger charge is -2.20. The molecule has 0 aromatic carbocycles. The number of carbonyl (C=O) groups excluding carboxylic acids is 1. The SMILES string of the molecule is CCCN(Cc1csc(C(=O)OCC)n1)CC1CC1. The van der Waals surface area contributed by atoms with Crippen molar-refractivity contribution in [2.24, 2.45) is 5.92 Å². The molecule has 0 radical (unpaired) electrons. The van der Waals surface area contributed by atoms with E-state index >= 15 is 0 Å². The Kier molecular flexibility index (Phi) is 5.34. The molecule has 1 aromatic rings. The first-order chi connectivity index (χ1) is 9.22. The maximum Gasteiger partial charge on any atom is 0.367 e. The van der Waals surface area contributed by atoms with Crippen molar-refractivity contribution < 1.29 is 9.53 Å². The smallest absolute Gasteiger partial charge is 0.367 e. The van der Waals surface area contributed by atoms with Crippen LogP contribution in [0.1, 0.15) is 48.6 Å². The normalized spacial score (nSPS) is 14.9. The first kappa shape index (κ1) is 14.5. The minimum atomic E-state index is -0.303. The third-order valence-corrected chi connectivity index (χ3v) is 4.01. The van der Waals surface area contributed by atoms with Gasteiger partial charge < -0.3 is 4.74 Å². The molecule has 0 bridgehead atoms. The van der Waals surface area contributed by atoms with Gasteiger partial charge in [-0.05, 0) is 38.6 Å². The fourth-order valence-electron chi connectivity index (χ4n) is 2.11. The number of carbonyl (C=O) groups is 1. The van der Waals surface area contributed by atoms with Crippen molar-refractivity contribution in [2.45, 2.75) is 39.7 Å². The second-order valence-corrected chi connectivity index (χ2v) is 5.90. The highest BCUT2D eigenvalue weighted by Gasteiger charge is 2.24. The van der Waals surface area contributed by atoms with Crippen LogP contribution in [0.25, 0.3) is 0 Å². The van der Waals surface area contributed by atoms with E-state index in [-0.39, 0.29) is 5.97 Å². The third-order valence-electron chi connectivity index (χ3n) is 3.14. The summed E-state index contributed by atoms with van der Waals surface area (Å²) in [7, 11) is 0. The second-order valence-electron chi connectivity index (χ2n) is 5.04. The van der Waals surface area contributed by atoms with Crippen molar-refractivity contribution in [1.82, 2.24) is 9.88 Å². The Morgan fingerprint density at radius 3 is 2.95 bits per heavy atom. The number of thiazole rings is 1. The summed E-state index contributed by atoms with van der Waals surface area (Å²) in [5.74, 6) is 0.581. The molecule has 1 aromatic heterocycles. The molecule has 2 rings (SSSR count). The Morgan fingerprint density at radius 2 is 2.32 bits per heavy atom. The monoisotopic (exact) mass is 282 g/mol. The van der Waals surface area contributed by atoms with Crippen LogP contribution in [0.4, 0.5) is 0 Å². The van der Waals surface area contributed by atoms with Crippen LogP contribution >= 0.6 is 11.3 Å². The highest BCUT2D eigenvalue weighted by molar-refractivity contribution is 7.11. The summed E-state index contributed by atoms with van der Waals surface area (Å²) in [5.41, 5.74) is 0.988. The molecule has 0 saturated heterocycles. The van der Waals surface area contributed by atoms with E-state index in [1.165, 1.54) is 30.7 Å². The molecule has 0 aliphatic heterocycles. The quantitative estimate of drug-likeness (QED) is 0.688. The Balaban J connectivity index is 1.90. The summed E-state index contributed by atoms with van der Waals surface area (Å²) in [6.45, 7) is 7.52. The van der Waals surface area contributed by atoms with E-state index in [0.29, 0.717) is 11.6 Å². The molecule has 1 heterocycles. The zero-order valence-electron chi connectivity index (χ0n) is 11.7. The topological polar surface area (TPSA) is 42.4 Å². The van der Waals surface area contributed by atoms with Gasteiger partial charge in [0.15, 0.2) is 0 Å². The first-order valence-corrected chi connectivity index (χ1v) is 7.94. The Labute approximate surface area is 118 Å². The van der Waals surface area contributed by atoms with Crippen LogP contribution in [0.15, 0.2) is 5.38 Å². The largest absolute Gasteiger partial charge is 0.461 e. The van der Waals surface area contributed by atoms with Gasteiger partial charge in [0.05, 0.1) is 12.3 Å². The van der Waals surface area contributed by atoms with E-state index in [0.717, 1.165) is 31.1 Å². The van der Waals surface area contributed by atoms with E-state index in [1.807, 2.05) is 12.3 Å². The summed E-state index contributed by atoms with van der Waals surface area (Å²) in [4.78, 5) is 18.4. The van der Waals surface area contributed by atoms with Gasteiger partial charge in [-0.3, -0.25) is 4.90 Å². The maximum absolute atomic E-state index is 11.6. The zero-order valence-corrected chi connectivity index (χ0v) is 12.5. The Bertz CT molecular complexity index is 415. The van der Waals surface area contributed by atoms with Crippen molar-refractivity contribution in [3.63, 3.8) is 0 Å². The van der Waals surface area contributed by atoms with Gasteiger partial charge in [0.1, 0.15) is 0 Å². The van der Waals surface area contributed by atoms with Gasteiger partial charge in [0.2, 0.25) is 5.01 Å². The molecule has 5 heteroatoms. The summed E-state index contributed by atoms with van der Waals surface area (Å²) < 4.78 is 4.96. The van der Waals surface area contributed by atoms with Crippen molar-refractivity contribution >= 4 is 17.3 Å². The molecule has 106 valence electrons. The summed E-state index contributed by atoms with van der Waals surface area (Å²) in [5, 5.41) is 2.45. The molecule has 0 N–H and O–H groups in total. The van der Waals surface area contributed by atoms with Crippen LogP contribution in [0.2, 0.25) is 0 Å². The van der Waals surface area contributed by atoms with Crippen molar-refractivity contribution in [1.29, 1.82) is 0 Å². The average Bonchev–Trinajstić information content (AvgIpc) is 3.06. The van der Waals surface area contributed by atoms with Gasteiger partial charge in [-0.15, -0.1) is 11.3 Å². The number of hydrogen-bond donors (Lipinski definition) is 0. The summed E-state index contributed by atoms with van der Waals surface area (Å²) in [6.07, 6.45) is 3.89. The minimum absolute atomic E-state index is 0.303. The molecule has 1 saturated carbocycles. The highest BCUT2D eigenvalue weighted by Crippen LogP contribution is 2.30. The van der Waals surface area contributed by atoms with Crippen molar-refractivity contribution in [3.05, 3.63) is 16.1 Å². The van der Waals surface area contributed by atoms with Crippen LogP contribution in [0, 0.1) is 5.92 Å². The Morgan fingerprint density at radius 1 is 1.53 bits per heavy atom. The predicted molar refractivity (Wildman–Crippen MR) is 76.4 cm³/mol. The summed E-state index contributed by atoms with van der Waals surface area (Å²) in [6, 6.07) is 0. The third kappa shape index (κ3) is 4.58. The van der Waals surface area contributed by atoms with Crippen LogP contribution in [-0.4, -0.2) is 35.5 Å². The van der Waals surface area contributed by atoms with Gasteiger partial charge >= 0.3 is 5.97 Å². The number of nitrogens with zero attached hydrogens (tertiary/aromatic N) is 2. The molecule has 4 nitrogen and oxygen atoms in total. The van der Waals surface area contributed by atoms with E-state index in [9.17, 15) is 4.79 Å². The van der Waals surface area contributed by atoms with Crippen molar-refractivity contribution in [3.8, 4) is 0 Å². The van der Waals surface area contributed by atoms with Crippen LogP contribution in [0.3, 0.4) is 0 Å². The number of rotatable bonds is 8. The number of aromatic nitrogens is 1. The predicted octanol–water partition coefficient (Wildman–Crippen LogP) is 2.94. The molecule has 1 aliphatic rings. The van der Waals surface area contributed by atoms with Gasteiger partial charge in [0.25, 0.3) is 0 Å². The van der Waals surface area contributed by atoms with Gasteiger partial charge in [-0.1, -0.05) is 6.92 Å². The lowest BCUT2D eigenvalue weighted by molar-refractivity contribution is 0.0525. The lowest BCUT2D eigenvalue weighted by atomic mass is 10.3. The van der Waals surface area contributed by atoms with E-state index in [1.54, 1.807) is 0 Å².